The lowest BCUT2D eigenvalue weighted by Gasteiger charge is -2.12. The smallest absolute Gasteiger partial charge is 0.231 e. The zero-order chi connectivity index (χ0) is 15.7. The van der Waals surface area contributed by atoms with E-state index in [1.807, 2.05) is 49.5 Å². The third-order valence-corrected chi connectivity index (χ3v) is 4.07. The zero-order valence-electron chi connectivity index (χ0n) is 12.4. The Labute approximate surface area is 129 Å². The average molecular weight is 291 g/mol. The Morgan fingerprint density at radius 1 is 1.23 bits per heavy atom. The summed E-state index contributed by atoms with van der Waals surface area (Å²) in [6, 6.07) is 15.7. The number of hydrogen-bond donors (Lipinski definition) is 1. The Morgan fingerprint density at radius 2 is 1.91 bits per heavy atom. The number of nitrogens with two attached hydrogens (primary N) is 1. The minimum absolute atomic E-state index is 0.132. The Kier molecular flexibility index (Phi) is 3.66. The van der Waals surface area contributed by atoms with Crippen LogP contribution in [0.5, 0.6) is 0 Å². The van der Waals surface area contributed by atoms with Gasteiger partial charge in [0.1, 0.15) is 0 Å². The lowest BCUT2D eigenvalue weighted by Crippen LogP contribution is -2.20. The topological polar surface area (TPSA) is 70.1 Å². The lowest BCUT2D eigenvalue weighted by atomic mass is 9.99. The van der Waals surface area contributed by atoms with E-state index in [1.54, 1.807) is 4.90 Å². The summed E-state index contributed by atoms with van der Waals surface area (Å²) in [4.78, 5) is 13.4. The molecule has 0 spiro atoms. The molecule has 0 saturated heterocycles. The first-order chi connectivity index (χ1) is 10.6. The molecule has 3 rings (SSSR count). The number of hydrogen-bond acceptors (Lipinski definition) is 3. The average Bonchev–Trinajstić information content (AvgIpc) is 2.82. The second-order valence-electron chi connectivity index (χ2n) is 5.61. The van der Waals surface area contributed by atoms with Gasteiger partial charge in [-0.25, -0.2) is 0 Å². The van der Waals surface area contributed by atoms with Crippen LogP contribution in [0.4, 0.5) is 5.69 Å². The molecule has 1 amide bonds. The van der Waals surface area contributed by atoms with E-state index in [0.29, 0.717) is 12.8 Å². The van der Waals surface area contributed by atoms with E-state index < -0.39 is 6.04 Å². The molecule has 1 atom stereocenters. The van der Waals surface area contributed by atoms with Gasteiger partial charge >= 0.3 is 0 Å². The second-order valence-corrected chi connectivity index (χ2v) is 5.61. The molecule has 4 heteroatoms. The van der Waals surface area contributed by atoms with Crippen LogP contribution < -0.4 is 10.6 Å². The van der Waals surface area contributed by atoms with Crippen LogP contribution in [-0.2, 0) is 17.6 Å². The molecule has 0 unspecified atom stereocenters. The molecule has 1 heterocycles. The van der Waals surface area contributed by atoms with Crippen LogP contribution in [-0.4, -0.2) is 19.0 Å². The third-order valence-electron chi connectivity index (χ3n) is 4.07. The molecule has 1 aliphatic rings. The van der Waals surface area contributed by atoms with Crippen molar-refractivity contribution in [2.75, 3.05) is 11.9 Å². The van der Waals surface area contributed by atoms with Gasteiger partial charge in [0.15, 0.2) is 0 Å². The molecule has 4 nitrogen and oxygen atoms in total. The molecule has 0 saturated carbocycles. The Bertz CT molecular complexity index is 759. The fourth-order valence-electron chi connectivity index (χ4n) is 2.75. The molecule has 1 aliphatic heterocycles. The molecule has 0 bridgehead atoms. The van der Waals surface area contributed by atoms with E-state index in [2.05, 4.69) is 6.07 Å². The van der Waals surface area contributed by atoms with Crippen LogP contribution in [0.2, 0.25) is 0 Å². The number of anilines is 1. The van der Waals surface area contributed by atoms with Gasteiger partial charge in [-0.3, -0.25) is 4.79 Å². The van der Waals surface area contributed by atoms with Crippen LogP contribution >= 0.6 is 0 Å². The van der Waals surface area contributed by atoms with Gasteiger partial charge in [0, 0.05) is 19.2 Å². The van der Waals surface area contributed by atoms with E-state index in [9.17, 15) is 4.79 Å². The zero-order valence-corrected chi connectivity index (χ0v) is 12.4. The Hall–Kier alpha value is -2.64. The van der Waals surface area contributed by atoms with E-state index in [1.165, 1.54) is 0 Å². The quantitative estimate of drug-likeness (QED) is 0.943. The van der Waals surface area contributed by atoms with Gasteiger partial charge in [-0.1, -0.05) is 36.4 Å². The van der Waals surface area contributed by atoms with Crippen LogP contribution in [0.25, 0.3) is 11.1 Å². The van der Waals surface area contributed by atoms with Crippen molar-refractivity contribution in [3.63, 3.8) is 0 Å². The predicted molar refractivity (Wildman–Crippen MR) is 86.3 cm³/mol. The minimum Gasteiger partial charge on any atom is -0.316 e. The van der Waals surface area contributed by atoms with E-state index in [4.69, 9.17) is 11.0 Å². The summed E-state index contributed by atoms with van der Waals surface area (Å²) in [5.41, 5.74) is 10.9. The number of likely N-dealkylation sites (N-methyl/N-ethyl adjacent to an activating group) is 1. The van der Waals surface area contributed by atoms with Gasteiger partial charge in [-0.2, -0.15) is 5.26 Å². The van der Waals surface area contributed by atoms with E-state index in [0.717, 1.165) is 27.9 Å². The summed E-state index contributed by atoms with van der Waals surface area (Å²) in [5.74, 6) is 0.132. The molecule has 2 aromatic carbocycles. The number of carbonyl (C=O) groups is 1. The maximum absolute atomic E-state index is 11.7. The number of benzene rings is 2. The van der Waals surface area contributed by atoms with Crippen LogP contribution in [0, 0.1) is 11.3 Å². The summed E-state index contributed by atoms with van der Waals surface area (Å²) < 4.78 is 0. The standard InChI is InChI=1S/C18H17N3O/c1-21-17-9-14(6-7-15(17)10-18(21)22)13-4-2-12(3-5-13)8-16(20)11-19/h2-7,9,16H,8,10,20H2,1H3/t16-/m0/s1. The summed E-state index contributed by atoms with van der Waals surface area (Å²) >= 11 is 0. The number of fused-ring (bicyclic) bond motifs is 1. The van der Waals surface area contributed by atoms with Crippen molar-refractivity contribution in [2.24, 2.45) is 5.73 Å². The number of nitriles is 1. The summed E-state index contributed by atoms with van der Waals surface area (Å²) in [6.45, 7) is 0. The molecule has 0 aliphatic carbocycles. The first kappa shape index (κ1) is 14.3. The van der Waals surface area contributed by atoms with Crippen molar-refractivity contribution < 1.29 is 4.79 Å². The normalized spacial score (nSPS) is 14.6. The monoisotopic (exact) mass is 291 g/mol. The Balaban J connectivity index is 1.87. The van der Waals surface area contributed by atoms with Crippen LogP contribution in [0.3, 0.4) is 0 Å². The molecule has 0 fully saturated rings. The minimum atomic E-state index is -0.467. The van der Waals surface area contributed by atoms with Gasteiger partial charge in [0.05, 0.1) is 18.5 Å². The summed E-state index contributed by atoms with van der Waals surface area (Å²) in [7, 11) is 1.81. The predicted octanol–water partition coefficient (Wildman–Crippen LogP) is 2.27. The summed E-state index contributed by atoms with van der Waals surface area (Å²) in [6.07, 6.45) is 1.04. The molecule has 0 aromatic heterocycles. The molecule has 110 valence electrons. The van der Waals surface area contributed by atoms with Gasteiger partial charge in [0.2, 0.25) is 5.91 Å². The Morgan fingerprint density at radius 3 is 2.59 bits per heavy atom. The van der Waals surface area contributed by atoms with Crippen LogP contribution in [0.15, 0.2) is 42.5 Å². The second kappa shape index (κ2) is 5.63. The van der Waals surface area contributed by atoms with Crippen LogP contribution in [0.1, 0.15) is 11.1 Å². The van der Waals surface area contributed by atoms with Crippen molar-refractivity contribution >= 4 is 11.6 Å². The first-order valence-corrected chi connectivity index (χ1v) is 7.22. The van der Waals surface area contributed by atoms with Crippen molar-refractivity contribution in [1.82, 2.24) is 0 Å². The number of nitrogens with zero attached hydrogens (tertiary/aromatic N) is 2. The van der Waals surface area contributed by atoms with Gasteiger partial charge in [-0.05, 0) is 28.3 Å². The number of carbonyl (C=O) groups excluding carboxylic acids is 1. The highest BCUT2D eigenvalue weighted by Crippen LogP contribution is 2.32. The summed E-state index contributed by atoms with van der Waals surface area (Å²) in [5, 5.41) is 8.76. The third kappa shape index (κ3) is 2.59. The van der Waals surface area contributed by atoms with E-state index in [-0.39, 0.29) is 5.91 Å². The lowest BCUT2D eigenvalue weighted by molar-refractivity contribution is -0.117. The number of rotatable bonds is 3. The molecule has 2 aromatic rings. The highest BCUT2D eigenvalue weighted by atomic mass is 16.2. The molecular weight excluding hydrogens is 274 g/mol. The van der Waals surface area contributed by atoms with E-state index >= 15 is 0 Å². The van der Waals surface area contributed by atoms with Crippen molar-refractivity contribution in [3.8, 4) is 17.2 Å². The van der Waals surface area contributed by atoms with Crippen molar-refractivity contribution in [1.29, 1.82) is 5.26 Å². The number of amides is 1. The highest BCUT2D eigenvalue weighted by Gasteiger charge is 2.23. The fraction of sp³-hybridized carbons (Fsp3) is 0.222. The molecular formula is C18H17N3O. The van der Waals surface area contributed by atoms with Gasteiger partial charge in [-0.15, -0.1) is 0 Å². The SMILES string of the molecule is CN1C(=O)Cc2ccc(-c3ccc(C[C@H](N)C#N)cc3)cc21. The van der Waals surface area contributed by atoms with Gasteiger partial charge < -0.3 is 10.6 Å². The molecule has 22 heavy (non-hydrogen) atoms. The fourth-order valence-corrected chi connectivity index (χ4v) is 2.75. The highest BCUT2D eigenvalue weighted by molar-refractivity contribution is 6.01. The molecule has 0 radical (unpaired) electrons. The largest absolute Gasteiger partial charge is 0.316 e. The maximum atomic E-state index is 11.7. The van der Waals surface area contributed by atoms with Gasteiger partial charge in [0.25, 0.3) is 0 Å². The maximum Gasteiger partial charge on any atom is 0.231 e. The van der Waals surface area contributed by atoms with Crippen molar-refractivity contribution in [3.05, 3.63) is 53.6 Å². The van der Waals surface area contributed by atoms with Crippen molar-refractivity contribution in [2.45, 2.75) is 18.9 Å². The first-order valence-electron chi connectivity index (χ1n) is 7.22. The molecule has 2 N–H and O–H groups in total.